The molecule has 0 spiro atoms. The van der Waals surface area contributed by atoms with Crippen LogP contribution in [0, 0.1) is 12.7 Å². The van der Waals surface area contributed by atoms with Crippen LogP contribution >= 0.6 is 0 Å². The van der Waals surface area contributed by atoms with Gasteiger partial charge in [0.1, 0.15) is 33.9 Å². The molecule has 10 heteroatoms. The van der Waals surface area contributed by atoms with Gasteiger partial charge in [-0.25, -0.2) is 22.8 Å². The summed E-state index contributed by atoms with van der Waals surface area (Å²) in [5.41, 5.74) is 0. The zero-order valence-corrected chi connectivity index (χ0v) is 17.5. The van der Waals surface area contributed by atoms with Gasteiger partial charge < -0.3 is 14.2 Å². The lowest BCUT2D eigenvalue weighted by atomic mass is 10.3. The van der Waals surface area contributed by atoms with E-state index in [0.29, 0.717) is 18.9 Å². The molecule has 3 aromatic rings. The third-order valence-corrected chi connectivity index (χ3v) is 6.91. The van der Waals surface area contributed by atoms with E-state index in [9.17, 15) is 12.8 Å². The van der Waals surface area contributed by atoms with Gasteiger partial charge in [0, 0.05) is 44.6 Å². The average molecular weight is 431 g/mol. The number of methoxy groups -OCH3 is 1. The fraction of sp³-hybridized carbons (Fsp3) is 0.300. The lowest BCUT2D eigenvalue weighted by Crippen LogP contribution is -2.49. The summed E-state index contributed by atoms with van der Waals surface area (Å²) >= 11 is 0. The Morgan fingerprint density at radius 3 is 2.33 bits per heavy atom. The summed E-state index contributed by atoms with van der Waals surface area (Å²) in [5.74, 6) is 1.63. The second-order valence-corrected chi connectivity index (χ2v) is 8.81. The summed E-state index contributed by atoms with van der Waals surface area (Å²) in [6.07, 6.45) is 3.81. The number of sulfonamides is 1. The molecule has 0 aliphatic carbocycles. The number of anilines is 1. The van der Waals surface area contributed by atoms with Crippen LogP contribution in [-0.2, 0) is 10.0 Å². The van der Waals surface area contributed by atoms with Crippen LogP contribution in [0.25, 0.3) is 5.82 Å². The van der Waals surface area contributed by atoms with Crippen molar-refractivity contribution >= 4 is 15.8 Å². The molecule has 4 rings (SSSR count). The number of halogens is 1. The fourth-order valence-corrected chi connectivity index (χ4v) is 5.06. The number of benzene rings is 1. The van der Waals surface area contributed by atoms with Gasteiger partial charge in [0.05, 0.1) is 7.11 Å². The average Bonchev–Trinajstić information content (AvgIpc) is 3.28. The second kappa shape index (κ2) is 8.04. The molecule has 1 fully saturated rings. The first-order valence-corrected chi connectivity index (χ1v) is 10.9. The number of aryl methyl sites for hydroxylation is 1. The van der Waals surface area contributed by atoms with Gasteiger partial charge in [-0.15, -0.1) is 0 Å². The molecule has 8 nitrogen and oxygen atoms in total. The largest absolute Gasteiger partial charge is 0.495 e. The standard InChI is InChI=1S/C20H22FN5O3S/c1-15-22-19(24-7-3-4-8-24)14-20(23-15)25-9-11-26(12-10-25)30(27,28)18-13-16(21)5-6-17(18)29-2/h3-8,13-14H,9-12H2,1-2H3. The molecule has 0 bridgehead atoms. The quantitative estimate of drug-likeness (QED) is 0.616. The van der Waals surface area contributed by atoms with Crippen LogP contribution in [0.4, 0.5) is 10.2 Å². The van der Waals surface area contributed by atoms with E-state index in [1.807, 2.05) is 47.0 Å². The number of rotatable bonds is 5. The second-order valence-electron chi connectivity index (χ2n) is 6.91. The van der Waals surface area contributed by atoms with E-state index < -0.39 is 15.8 Å². The predicted octanol–water partition coefficient (Wildman–Crippen LogP) is 2.23. The Balaban J connectivity index is 1.54. The highest BCUT2D eigenvalue weighted by Gasteiger charge is 2.31. The summed E-state index contributed by atoms with van der Waals surface area (Å²) in [4.78, 5) is 10.8. The van der Waals surface area contributed by atoms with Gasteiger partial charge in [0.2, 0.25) is 10.0 Å². The number of piperazine rings is 1. The number of hydrogen-bond donors (Lipinski definition) is 0. The molecular formula is C20H22FN5O3S. The first-order valence-electron chi connectivity index (χ1n) is 9.46. The van der Waals surface area contributed by atoms with Crippen molar-refractivity contribution in [2.45, 2.75) is 11.8 Å². The molecule has 0 amide bonds. The predicted molar refractivity (Wildman–Crippen MR) is 110 cm³/mol. The molecule has 158 valence electrons. The first kappa shape index (κ1) is 20.3. The molecule has 0 saturated carbocycles. The number of nitrogens with zero attached hydrogens (tertiary/aromatic N) is 5. The number of hydrogen-bond acceptors (Lipinski definition) is 6. The minimum absolute atomic E-state index is 0.126. The number of ether oxygens (including phenoxy) is 1. The Hall–Kier alpha value is -2.98. The van der Waals surface area contributed by atoms with Gasteiger partial charge in [0.15, 0.2) is 0 Å². The molecule has 30 heavy (non-hydrogen) atoms. The Bertz CT molecular complexity index is 1140. The van der Waals surface area contributed by atoms with Crippen LogP contribution in [0.5, 0.6) is 5.75 Å². The van der Waals surface area contributed by atoms with Crippen LogP contribution in [-0.4, -0.2) is 60.5 Å². The molecule has 0 radical (unpaired) electrons. The Labute approximate surface area is 174 Å². The summed E-state index contributed by atoms with van der Waals surface area (Å²) in [6.45, 7) is 3.25. The zero-order valence-electron chi connectivity index (χ0n) is 16.7. The van der Waals surface area contributed by atoms with E-state index in [1.165, 1.54) is 23.5 Å². The van der Waals surface area contributed by atoms with Crippen molar-refractivity contribution in [1.29, 1.82) is 0 Å². The summed E-state index contributed by atoms with van der Waals surface area (Å²) in [7, 11) is -2.51. The van der Waals surface area contributed by atoms with Crippen molar-refractivity contribution in [2.24, 2.45) is 0 Å². The van der Waals surface area contributed by atoms with Crippen molar-refractivity contribution in [3.63, 3.8) is 0 Å². The Morgan fingerprint density at radius 1 is 1.00 bits per heavy atom. The van der Waals surface area contributed by atoms with Crippen molar-refractivity contribution in [3.8, 4) is 11.6 Å². The minimum Gasteiger partial charge on any atom is -0.495 e. The molecule has 1 aliphatic heterocycles. The van der Waals surface area contributed by atoms with E-state index in [0.717, 1.165) is 17.7 Å². The molecule has 0 unspecified atom stereocenters. The molecule has 1 aromatic carbocycles. The highest BCUT2D eigenvalue weighted by Crippen LogP contribution is 2.28. The zero-order chi connectivity index (χ0) is 21.3. The van der Waals surface area contributed by atoms with Crippen LogP contribution in [0.2, 0.25) is 0 Å². The first-order chi connectivity index (χ1) is 14.4. The van der Waals surface area contributed by atoms with E-state index in [1.54, 1.807) is 0 Å². The van der Waals surface area contributed by atoms with Gasteiger partial charge in [-0.1, -0.05) is 0 Å². The van der Waals surface area contributed by atoms with Crippen molar-refractivity contribution in [2.75, 3.05) is 38.2 Å². The van der Waals surface area contributed by atoms with Crippen LogP contribution in [0.1, 0.15) is 5.82 Å². The lowest BCUT2D eigenvalue weighted by Gasteiger charge is -2.35. The molecule has 0 N–H and O–H groups in total. The summed E-state index contributed by atoms with van der Waals surface area (Å²) in [5, 5.41) is 0. The molecule has 1 saturated heterocycles. The third-order valence-electron chi connectivity index (χ3n) is 4.99. The van der Waals surface area contributed by atoms with E-state index in [2.05, 4.69) is 9.97 Å². The van der Waals surface area contributed by atoms with Gasteiger partial charge in [-0.2, -0.15) is 4.31 Å². The van der Waals surface area contributed by atoms with Crippen molar-refractivity contribution in [3.05, 3.63) is 60.4 Å². The Kier molecular flexibility index (Phi) is 5.44. The van der Waals surface area contributed by atoms with Gasteiger partial charge >= 0.3 is 0 Å². The van der Waals surface area contributed by atoms with Gasteiger partial charge in [-0.05, 0) is 37.3 Å². The molecule has 2 aromatic heterocycles. The summed E-state index contributed by atoms with van der Waals surface area (Å²) in [6, 6.07) is 9.22. The Morgan fingerprint density at radius 2 is 1.67 bits per heavy atom. The molecule has 1 aliphatic rings. The van der Waals surface area contributed by atoms with E-state index >= 15 is 0 Å². The van der Waals surface area contributed by atoms with Crippen LogP contribution in [0.15, 0.2) is 53.7 Å². The topological polar surface area (TPSA) is 80.6 Å². The van der Waals surface area contributed by atoms with Crippen molar-refractivity contribution < 1.29 is 17.5 Å². The van der Waals surface area contributed by atoms with Gasteiger partial charge in [-0.3, -0.25) is 0 Å². The van der Waals surface area contributed by atoms with Crippen LogP contribution in [0.3, 0.4) is 0 Å². The van der Waals surface area contributed by atoms with E-state index in [-0.39, 0.29) is 23.7 Å². The monoisotopic (exact) mass is 431 g/mol. The highest BCUT2D eigenvalue weighted by atomic mass is 32.2. The fourth-order valence-electron chi connectivity index (χ4n) is 3.47. The molecule has 0 atom stereocenters. The maximum Gasteiger partial charge on any atom is 0.246 e. The number of aromatic nitrogens is 3. The summed E-state index contributed by atoms with van der Waals surface area (Å²) < 4.78 is 48.2. The van der Waals surface area contributed by atoms with E-state index in [4.69, 9.17) is 4.74 Å². The smallest absolute Gasteiger partial charge is 0.246 e. The molecular weight excluding hydrogens is 409 g/mol. The lowest BCUT2D eigenvalue weighted by molar-refractivity contribution is 0.372. The highest BCUT2D eigenvalue weighted by molar-refractivity contribution is 7.89. The maximum absolute atomic E-state index is 13.7. The molecule has 3 heterocycles. The SMILES string of the molecule is COc1ccc(F)cc1S(=O)(=O)N1CCN(c2cc(-n3cccc3)nc(C)n2)CC1. The van der Waals surface area contributed by atoms with Gasteiger partial charge in [0.25, 0.3) is 0 Å². The third kappa shape index (κ3) is 3.88. The van der Waals surface area contributed by atoms with Crippen molar-refractivity contribution in [1.82, 2.24) is 18.8 Å². The maximum atomic E-state index is 13.7. The van der Waals surface area contributed by atoms with Crippen LogP contribution < -0.4 is 9.64 Å². The minimum atomic E-state index is -3.88. The normalized spacial score (nSPS) is 15.4.